The van der Waals surface area contributed by atoms with Crippen molar-refractivity contribution in [2.45, 2.75) is 26.3 Å². The van der Waals surface area contributed by atoms with E-state index in [9.17, 15) is 14.7 Å². The zero-order valence-corrected chi connectivity index (χ0v) is 18.8. The van der Waals surface area contributed by atoms with Crippen molar-refractivity contribution in [1.82, 2.24) is 0 Å². The number of carboxylic acid groups (broad SMARTS) is 1. The fourth-order valence-electron chi connectivity index (χ4n) is 4.04. The quantitative estimate of drug-likeness (QED) is 0.523. The molecule has 1 aliphatic heterocycles. The smallest absolute Gasteiger partial charge is 0.307 e. The van der Waals surface area contributed by atoms with Crippen LogP contribution in [0.5, 0.6) is 5.75 Å². The first-order valence-electron chi connectivity index (χ1n) is 10.7. The molecule has 0 spiro atoms. The minimum Gasteiger partial charge on any atom is -0.497 e. The molecule has 6 nitrogen and oxygen atoms in total. The molecule has 0 saturated heterocycles. The third-order valence-electron chi connectivity index (χ3n) is 5.75. The highest BCUT2D eigenvalue weighted by atomic mass is 16.5. The molecular weight excluding hydrogens is 416 g/mol. The summed E-state index contributed by atoms with van der Waals surface area (Å²) in [6.07, 6.45) is -0.265. The van der Waals surface area contributed by atoms with Gasteiger partial charge in [-0.1, -0.05) is 47.5 Å². The highest BCUT2D eigenvalue weighted by molar-refractivity contribution is 6.12. The standard InChI is InChI=1S/C27H26N2O4/c1-17-4-10-20(11-5-17)28-25-23(16-24(30)31)26(19-8-14-22(33-3)15-9-19)29(27(25)32)21-12-6-18(2)7-13-21/h4-15,26,28H,16H2,1-3H3,(H,30,31). The van der Waals surface area contributed by atoms with Crippen LogP contribution >= 0.6 is 0 Å². The van der Waals surface area contributed by atoms with Gasteiger partial charge in [0.05, 0.1) is 19.6 Å². The van der Waals surface area contributed by atoms with E-state index in [1.807, 2.05) is 86.6 Å². The van der Waals surface area contributed by atoms with Crippen LogP contribution in [0.2, 0.25) is 0 Å². The summed E-state index contributed by atoms with van der Waals surface area (Å²) >= 11 is 0. The molecule has 33 heavy (non-hydrogen) atoms. The molecule has 168 valence electrons. The van der Waals surface area contributed by atoms with E-state index in [0.717, 1.165) is 22.4 Å². The van der Waals surface area contributed by atoms with Gasteiger partial charge >= 0.3 is 5.97 Å². The number of carbonyl (C=O) groups excluding carboxylic acids is 1. The molecule has 0 radical (unpaired) electrons. The topological polar surface area (TPSA) is 78.9 Å². The largest absolute Gasteiger partial charge is 0.497 e. The lowest BCUT2D eigenvalue weighted by Crippen LogP contribution is -2.31. The summed E-state index contributed by atoms with van der Waals surface area (Å²) < 4.78 is 5.28. The highest BCUT2D eigenvalue weighted by Gasteiger charge is 2.42. The zero-order chi connectivity index (χ0) is 23.5. The molecule has 1 amide bonds. The molecule has 1 heterocycles. The molecule has 6 heteroatoms. The number of anilines is 2. The number of methoxy groups -OCH3 is 1. The maximum absolute atomic E-state index is 13.7. The second-order valence-electron chi connectivity index (χ2n) is 8.15. The summed E-state index contributed by atoms with van der Waals surface area (Å²) in [5.74, 6) is -0.575. The van der Waals surface area contributed by atoms with Gasteiger partial charge in [0.1, 0.15) is 11.4 Å². The Hall–Kier alpha value is -4.06. The maximum atomic E-state index is 13.7. The van der Waals surface area contributed by atoms with Gasteiger partial charge in [-0.3, -0.25) is 14.5 Å². The van der Waals surface area contributed by atoms with Gasteiger partial charge in [-0.05, 0) is 61.4 Å². The molecule has 1 unspecified atom stereocenters. The summed E-state index contributed by atoms with van der Waals surface area (Å²) in [7, 11) is 1.59. The molecule has 0 aliphatic carbocycles. The Morgan fingerprint density at radius 3 is 2.06 bits per heavy atom. The number of nitrogens with one attached hydrogen (secondary N) is 1. The second-order valence-corrected chi connectivity index (χ2v) is 8.15. The number of carbonyl (C=O) groups is 2. The third-order valence-corrected chi connectivity index (χ3v) is 5.75. The molecular formula is C27H26N2O4. The number of hydrogen-bond acceptors (Lipinski definition) is 4. The first kappa shape index (κ1) is 22.1. The number of amides is 1. The van der Waals surface area contributed by atoms with Gasteiger partial charge in [0.15, 0.2) is 0 Å². The summed E-state index contributed by atoms with van der Waals surface area (Å²) in [6, 6.07) is 22.1. The van der Waals surface area contributed by atoms with Crippen LogP contribution in [0.4, 0.5) is 11.4 Å². The van der Waals surface area contributed by atoms with Crippen LogP contribution in [0, 0.1) is 13.8 Å². The minimum absolute atomic E-state index is 0.265. The number of benzene rings is 3. The summed E-state index contributed by atoms with van der Waals surface area (Å²) in [5.41, 5.74) is 5.21. The molecule has 1 aliphatic rings. The molecule has 2 N–H and O–H groups in total. The van der Waals surface area contributed by atoms with Crippen LogP contribution in [0.3, 0.4) is 0 Å². The van der Waals surface area contributed by atoms with Crippen LogP contribution in [-0.4, -0.2) is 24.1 Å². The molecule has 3 aromatic carbocycles. The van der Waals surface area contributed by atoms with E-state index < -0.39 is 12.0 Å². The number of nitrogens with zero attached hydrogens (tertiary/aromatic N) is 1. The fourth-order valence-corrected chi connectivity index (χ4v) is 4.04. The maximum Gasteiger partial charge on any atom is 0.307 e. The minimum atomic E-state index is -0.995. The van der Waals surface area contributed by atoms with Crippen molar-refractivity contribution in [2.24, 2.45) is 0 Å². The zero-order valence-electron chi connectivity index (χ0n) is 18.8. The lowest BCUT2D eigenvalue weighted by Gasteiger charge is -2.27. The lowest BCUT2D eigenvalue weighted by molar-refractivity contribution is -0.136. The summed E-state index contributed by atoms with van der Waals surface area (Å²) in [6.45, 7) is 3.97. The van der Waals surface area contributed by atoms with Gasteiger partial charge in [0.25, 0.3) is 5.91 Å². The van der Waals surface area contributed by atoms with Crippen molar-refractivity contribution < 1.29 is 19.4 Å². The van der Waals surface area contributed by atoms with Crippen molar-refractivity contribution in [3.63, 3.8) is 0 Å². The second kappa shape index (κ2) is 9.20. The van der Waals surface area contributed by atoms with Crippen LogP contribution in [0.25, 0.3) is 0 Å². The Bertz CT molecular complexity index is 1200. The monoisotopic (exact) mass is 442 g/mol. The van der Waals surface area contributed by atoms with Gasteiger partial charge < -0.3 is 15.2 Å². The van der Waals surface area contributed by atoms with E-state index in [2.05, 4.69) is 5.32 Å². The van der Waals surface area contributed by atoms with Crippen molar-refractivity contribution in [3.05, 3.63) is 101 Å². The van der Waals surface area contributed by atoms with Crippen molar-refractivity contribution >= 4 is 23.3 Å². The highest BCUT2D eigenvalue weighted by Crippen LogP contribution is 2.43. The number of carboxylic acids is 1. The molecule has 0 saturated carbocycles. The van der Waals surface area contributed by atoms with Crippen LogP contribution in [-0.2, 0) is 9.59 Å². The number of ether oxygens (including phenoxy) is 1. The molecule has 0 aromatic heterocycles. The normalized spacial score (nSPS) is 15.7. The van der Waals surface area contributed by atoms with Crippen LogP contribution < -0.4 is 15.0 Å². The molecule has 1 atom stereocenters. The fraction of sp³-hybridized carbons (Fsp3) is 0.185. The van der Waals surface area contributed by atoms with E-state index in [4.69, 9.17) is 4.74 Å². The first-order chi connectivity index (χ1) is 15.9. The Morgan fingerprint density at radius 2 is 1.52 bits per heavy atom. The van der Waals surface area contributed by atoms with Crippen LogP contribution in [0.15, 0.2) is 84.1 Å². The van der Waals surface area contributed by atoms with E-state index in [1.54, 1.807) is 12.0 Å². The Balaban J connectivity index is 1.86. The molecule has 3 aromatic rings. The van der Waals surface area contributed by atoms with E-state index in [-0.39, 0.29) is 12.3 Å². The average molecular weight is 443 g/mol. The van der Waals surface area contributed by atoms with E-state index in [0.29, 0.717) is 22.7 Å². The number of hydrogen-bond donors (Lipinski definition) is 2. The van der Waals surface area contributed by atoms with Gasteiger partial charge in [-0.15, -0.1) is 0 Å². The lowest BCUT2D eigenvalue weighted by atomic mass is 9.96. The summed E-state index contributed by atoms with van der Waals surface area (Å²) in [4.78, 5) is 27.3. The SMILES string of the molecule is COc1ccc(C2C(CC(=O)O)=C(Nc3ccc(C)cc3)C(=O)N2c2ccc(C)cc2)cc1. The van der Waals surface area contributed by atoms with Crippen LogP contribution in [0.1, 0.15) is 29.2 Å². The van der Waals surface area contributed by atoms with Gasteiger partial charge in [-0.25, -0.2) is 0 Å². The third kappa shape index (κ3) is 4.60. The first-order valence-corrected chi connectivity index (χ1v) is 10.7. The Labute approximate surface area is 193 Å². The Kier molecular flexibility index (Phi) is 6.18. The average Bonchev–Trinajstić information content (AvgIpc) is 3.06. The summed E-state index contributed by atoms with van der Waals surface area (Å²) in [5, 5.41) is 12.9. The number of aryl methyl sites for hydroxylation is 2. The molecule has 4 rings (SSSR count). The van der Waals surface area contributed by atoms with Crippen molar-refractivity contribution in [1.29, 1.82) is 0 Å². The Morgan fingerprint density at radius 1 is 0.939 bits per heavy atom. The predicted molar refractivity (Wildman–Crippen MR) is 128 cm³/mol. The molecule has 0 fully saturated rings. The van der Waals surface area contributed by atoms with Gasteiger partial charge in [0.2, 0.25) is 0 Å². The van der Waals surface area contributed by atoms with E-state index >= 15 is 0 Å². The number of rotatable bonds is 7. The number of aliphatic carboxylic acids is 1. The van der Waals surface area contributed by atoms with Gasteiger partial charge in [-0.2, -0.15) is 0 Å². The predicted octanol–water partition coefficient (Wildman–Crippen LogP) is 5.24. The molecule has 0 bridgehead atoms. The van der Waals surface area contributed by atoms with Crippen molar-refractivity contribution in [3.8, 4) is 5.75 Å². The van der Waals surface area contributed by atoms with Crippen molar-refractivity contribution in [2.75, 3.05) is 17.3 Å². The van der Waals surface area contributed by atoms with Gasteiger partial charge in [0, 0.05) is 11.4 Å². The van der Waals surface area contributed by atoms with E-state index in [1.165, 1.54) is 0 Å².